The predicted octanol–water partition coefficient (Wildman–Crippen LogP) is 1.52. The van der Waals surface area contributed by atoms with Gasteiger partial charge in [-0.15, -0.1) is 11.8 Å². The molecule has 2 N–H and O–H groups in total. The van der Waals surface area contributed by atoms with Gasteiger partial charge in [0.25, 0.3) is 0 Å². The summed E-state index contributed by atoms with van der Waals surface area (Å²) in [5, 5.41) is 19.2. The lowest BCUT2D eigenvalue weighted by atomic mass is 10.1. The van der Waals surface area contributed by atoms with Crippen LogP contribution >= 0.6 is 11.8 Å². The normalized spacial score (nSPS) is 34.5. The van der Waals surface area contributed by atoms with Crippen LogP contribution in [0.25, 0.3) is 0 Å². The molecule has 122 valence electrons. The summed E-state index contributed by atoms with van der Waals surface area (Å²) in [6.07, 6.45) is -2.16. The van der Waals surface area contributed by atoms with Gasteiger partial charge >= 0.3 is 0 Å². The van der Waals surface area contributed by atoms with E-state index in [1.165, 1.54) is 5.56 Å². The Morgan fingerprint density at radius 2 is 1.95 bits per heavy atom. The molecule has 6 heteroatoms. The van der Waals surface area contributed by atoms with E-state index < -0.39 is 24.3 Å². The molecule has 1 aromatic carbocycles. The Labute approximate surface area is 134 Å². The van der Waals surface area contributed by atoms with Crippen LogP contribution in [0.1, 0.15) is 19.4 Å². The van der Waals surface area contributed by atoms with Crippen molar-refractivity contribution in [1.82, 2.24) is 0 Å². The highest BCUT2D eigenvalue weighted by Gasteiger charge is 2.56. The summed E-state index contributed by atoms with van der Waals surface area (Å²) in [7, 11) is 0. The zero-order valence-corrected chi connectivity index (χ0v) is 13.5. The molecule has 0 spiro atoms. The number of rotatable bonds is 5. The number of hydrogen-bond donors (Lipinski definition) is 2. The molecule has 2 aliphatic rings. The first-order valence-corrected chi connectivity index (χ1v) is 8.50. The van der Waals surface area contributed by atoms with Crippen molar-refractivity contribution in [2.24, 2.45) is 0 Å². The molecule has 0 aromatic heterocycles. The monoisotopic (exact) mass is 326 g/mol. The molecule has 0 amide bonds. The minimum Gasteiger partial charge on any atom is -0.394 e. The van der Waals surface area contributed by atoms with E-state index in [0.29, 0.717) is 0 Å². The van der Waals surface area contributed by atoms with E-state index in [4.69, 9.17) is 14.2 Å². The maximum absolute atomic E-state index is 10.0. The summed E-state index contributed by atoms with van der Waals surface area (Å²) in [5.74, 6) is 0.104. The van der Waals surface area contributed by atoms with Crippen LogP contribution in [0.2, 0.25) is 0 Å². The largest absolute Gasteiger partial charge is 0.394 e. The van der Waals surface area contributed by atoms with Gasteiger partial charge in [-0.25, -0.2) is 0 Å². The summed E-state index contributed by atoms with van der Waals surface area (Å²) in [6.45, 7) is 3.37. The number of aliphatic hydroxyl groups excluding tert-OH is 2. The number of thioether (sulfide) groups is 1. The highest BCUT2D eigenvalue weighted by Crippen LogP contribution is 2.43. The van der Waals surface area contributed by atoms with E-state index in [2.05, 4.69) is 12.1 Å². The molecule has 2 saturated heterocycles. The Balaban J connectivity index is 1.71. The Morgan fingerprint density at radius 1 is 1.23 bits per heavy atom. The lowest BCUT2D eigenvalue weighted by Gasteiger charge is -2.27. The lowest BCUT2D eigenvalue weighted by Crippen LogP contribution is -2.40. The third kappa shape index (κ3) is 3.32. The van der Waals surface area contributed by atoms with Crippen molar-refractivity contribution in [3.8, 4) is 0 Å². The molecule has 0 aliphatic carbocycles. The summed E-state index contributed by atoms with van der Waals surface area (Å²) in [4.78, 5) is 0. The molecule has 2 heterocycles. The average Bonchev–Trinajstić information content (AvgIpc) is 2.97. The number of aliphatic hydroxyl groups is 2. The molecule has 1 aromatic rings. The van der Waals surface area contributed by atoms with Gasteiger partial charge in [-0.2, -0.15) is 0 Å². The van der Waals surface area contributed by atoms with Crippen LogP contribution in [-0.2, 0) is 20.0 Å². The Hall–Kier alpha value is -0.630. The summed E-state index contributed by atoms with van der Waals surface area (Å²) in [6, 6.07) is 10.1. The van der Waals surface area contributed by atoms with E-state index in [-0.39, 0.29) is 18.0 Å². The van der Waals surface area contributed by atoms with Gasteiger partial charge in [-0.05, 0) is 19.4 Å². The van der Waals surface area contributed by atoms with Crippen molar-refractivity contribution in [2.75, 3.05) is 6.61 Å². The molecule has 0 bridgehead atoms. The van der Waals surface area contributed by atoms with Crippen LogP contribution in [0.4, 0.5) is 0 Å². The molecule has 5 atom stereocenters. The number of benzene rings is 1. The quantitative estimate of drug-likeness (QED) is 0.855. The van der Waals surface area contributed by atoms with Crippen molar-refractivity contribution in [3.05, 3.63) is 35.9 Å². The Kier molecular flexibility index (Phi) is 4.77. The standard InChI is InChI=1S/C16H22O5S/c1-16(2)20-13-14(22-9-10-6-4-3-5-7-10)12(11(18)8-17)19-15(13)21-16/h3-7,11-15,17-18H,8-9H2,1-2H3/t11-,12-,13-,14+,15-/m1/s1. The lowest BCUT2D eigenvalue weighted by molar-refractivity contribution is -0.214. The van der Waals surface area contributed by atoms with Crippen molar-refractivity contribution in [1.29, 1.82) is 0 Å². The molecular formula is C16H22O5S. The summed E-state index contributed by atoms with van der Waals surface area (Å²) < 4.78 is 17.5. The molecular weight excluding hydrogens is 304 g/mol. The van der Waals surface area contributed by atoms with E-state index in [0.717, 1.165) is 5.75 Å². The van der Waals surface area contributed by atoms with Crippen LogP contribution in [0.5, 0.6) is 0 Å². The molecule has 2 fully saturated rings. The fourth-order valence-electron chi connectivity index (χ4n) is 2.87. The molecule has 5 nitrogen and oxygen atoms in total. The molecule has 22 heavy (non-hydrogen) atoms. The van der Waals surface area contributed by atoms with Crippen molar-refractivity contribution in [3.63, 3.8) is 0 Å². The number of fused-ring (bicyclic) bond motifs is 1. The minimum atomic E-state index is -0.936. The Bertz CT molecular complexity index is 495. The van der Waals surface area contributed by atoms with Gasteiger partial charge in [-0.3, -0.25) is 0 Å². The van der Waals surface area contributed by atoms with Gasteiger partial charge in [0.15, 0.2) is 12.1 Å². The van der Waals surface area contributed by atoms with Crippen LogP contribution in [0, 0.1) is 0 Å². The topological polar surface area (TPSA) is 68.2 Å². The molecule has 3 rings (SSSR count). The third-order valence-corrected chi connectivity index (χ3v) is 5.30. The zero-order chi connectivity index (χ0) is 15.7. The fourth-order valence-corrected chi connectivity index (χ4v) is 4.26. The maximum Gasteiger partial charge on any atom is 0.188 e. The first kappa shape index (κ1) is 16.2. The van der Waals surface area contributed by atoms with E-state index in [9.17, 15) is 10.2 Å². The van der Waals surface area contributed by atoms with Crippen LogP contribution < -0.4 is 0 Å². The summed E-state index contributed by atoms with van der Waals surface area (Å²) >= 11 is 1.66. The van der Waals surface area contributed by atoms with Gasteiger partial charge in [0.05, 0.1) is 11.9 Å². The Morgan fingerprint density at radius 3 is 2.64 bits per heavy atom. The van der Waals surface area contributed by atoms with Crippen LogP contribution in [0.15, 0.2) is 30.3 Å². The van der Waals surface area contributed by atoms with E-state index >= 15 is 0 Å². The molecule has 0 radical (unpaired) electrons. The van der Waals surface area contributed by atoms with E-state index in [1.807, 2.05) is 32.0 Å². The zero-order valence-electron chi connectivity index (χ0n) is 12.7. The first-order valence-electron chi connectivity index (χ1n) is 7.46. The second-order valence-corrected chi connectivity index (χ2v) is 7.25. The highest BCUT2D eigenvalue weighted by atomic mass is 32.2. The van der Waals surface area contributed by atoms with Gasteiger partial charge in [-0.1, -0.05) is 30.3 Å². The fraction of sp³-hybridized carbons (Fsp3) is 0.625. The van der Waals surface area contributed by atoms with Crippen LogP contribution in [0.3, 0.4) is 0 Å². The van der Waals surface area contributed by atoms with Gasteiger partial charge in [0.1, 0.15) is 18.3 Å². The third-order valence-electron chi connectivity index (χ3n) is 3.88. The average molecular weight is 326 g/mol. The SMILES string of the molecule is CC1(C)O[C@H]2O[C@H]([C@H](O)CO)[C@H](SCc3ccccc3)[C@H]2O1. The number of ether oxygens (including phenoxy) is 3. The highest BCUT2D eigenvalue weighted by molar-refractivity contribution is 7.99. The maximum atomic E-state index is 10.0. The predicted molar refractivity (Wildman–Crippen MR) is 83.3 cm³/mol. The van der Waals surface area contributed by atoms with E-state index in [1.54, 1.807) is 11.8 Å². The second-order valence-electron chi connectivity index (χ2n) is 6.08. The first-order chi connectivity index (χ1) is 10.5. The molecule has 2 aliphatic heterocycles. The smallest absolute Gasteiger partial charge is 0.188 e. The second kappa shape index (κ2) is 6.47. The van der Waals surface area contributed by atoms with Crippen molar-refractivity contribution in [2.45, 2.75) is 55.2 Å². The van der Waals surface area contributed by atoms with Gasteiger partial charge in [0.2, 0.25) is 0 Å². The minimum absolute atomic E-state index is 0.0888. The molecule has 0 unspecified atom stereocenters. The molecule has 0 saturated carbocycles. The van der Waals surface area contributed by atoms with Crippen molar-refractivity contribution < 1.29 is 24.4 Å². The van der Waals surface area contributed by atoms with Crippen molar-refractivity contribution >= 4 is 11.8 Å². The van der Waals surface area contributed by atoms with Gasteiger partial charge < -0.3 is 24.4 Å². The van der Waals surface area contributed by atoms with Gasteiger partial charge in [0, 0.05) is 5.75 Å². The summed E-state index contributed by atoms with van der Waals surface area (Å²) in [5.41, 5.74) is 1.20. The van der Waals surface area contributed by atoms with Crippen LogP contribution in [-0.4, -0.2) is 52.5 Å². The number of hydrogen-bond acceptors (Lipinski definition) is 6.